The highest BCUT2D eigenvalue weighted by atomic mass is 32.1. The summed E-state index contributed by atoms with van der Waals surface area (Å²) < 4.78 is 0. The SMILES string of the molecule is CCN1C(=O)NC(=Cc2cccs2)C1=O. The van der Waals surface area contributed by atoms with E-state index in [4.69, 9.17) is 0 Å². The van der Waals surface area contributed by atoms with Gasteiger partial charge in [-0.05, 0) is 24.4 Å². The number of rotatable bonds is 2. The summed E-state index contributed by atoms with van der Waals surface area (Å²) in [4.78, 5) is 25.1. The molecular formula is C10H10N2O2S. The van der Waals surface area contributed by atoms with Crippen LogP contribution >= 0.6 is 11.3 Å². The third-order valence-electron chi connectivity index (χ3n) is 2.11. The molecule has 1 N–H and O–H groups in total. The summed E-state index contributed by atoms with van der Waals surface area (Å²) in [6.45, 7) is 2.16. The quantitative estimate of drug-likeness (QED) is 0.611. The number of nitrogens with one attached hydrogen (secondary N) is 1. The van der Waals surface area contributed by atoms with E-state index in [1.165, 1.54) is 16.2 Å². The van der Waals surface area contributed by atoms with Crippen LogP contribution in [0.2, 0.25) is 0 Å². The van der Waals surface area contributed by atoms with Crippen LogP contribution in [0.3, 0.4) is 0 Å². The number of imide groups is 1. The van der Waals surface area contributed by atoms with Crippen LogP contribution in [0.5, 0.6) is 0 Å². The fourth-order valence-electron chi connectivity index (χ4n) is 1.37. The Hall–Kier alpha value is -1.62. The van der Waals surface area contributed by atoms with Gasteiger partial charge >= 0.3 is 6.03 Å². The Morgan fingerprint density at radius 3 is 2.87 bits per heavy atom. The van der Waals surface area contributed by atoms with Gasteiger partial charge in [-0.25, -0.2) is 4.79 Å². The zero-order chi connectivity index (χ0) is 10.8. The molecule has 0 spiro atoms. The summed E-state index contributed by atoms with van der Waals surface area (Å²) in [5, 5.41) is 4.47. The molecule has 1 aliphatic rings. The monoisotopic (exact) mass is 222 g/mol. The van der Waals surface area contributed by atoms with Gasteiger partial charge in [-0.3, -0.25) is 9.69 Å². The molecular weight excluding hydrogens is 212 g/mol. The van der Waals surface area contributed by atoms with Gasteiger partial charge in [0, 0.05) is 11.4 Å². The van der Waals surface area contributed by atoms with Gasteiger partial charge in [0.2, 0.25) is 0 Å². The van der Waals surface area contributed by atoms with Crippen molar-refractivity contribution in [2.24, 2.45) is 0 Å². The molecule has 15 heavy (non-hydrogen) atoms. The van der Waals surface area contributed by atoms with Crippen LogP contribution in [-0.2, 0) is 4.79 Å². The van der Waals surface area contributed by atoms with E-state index >= 15 is 0 Å². The summed E-state index contributed by atoms with van der Waals surface area (Å²) in [7, 11) is 0. The number of nitrogens with zero attached hydrogens (tertiary/aromatic N) is 1. The van der Waals surface area contributed by atoms with Crippen molar-refractivity contribution in [2.75, 3.05) is 6.54 Å². The second kappa shape index (κ2) is 3.86. The molecule has 0 atom stereocenters. The van der Waals surface area contributed by atoms with Crippen molar-refractivity contribution in [3.8, 4) is 0 Å². The Bertz CT molecular complexity index is 423. The lowest BCUT2D eigenvalue weighted by atomic mass is 10.3. The summed E-state index contributed by atoms with van der Waals surface area (Å²) in [5.41, 5.74) is 0.351. The predicted molar refractivity (Wildman–Crippen MR) is 58.2 cm³/mol. The van der Waals surface area contributed by atoms with E-state index in [0.29, 0.717) is 12.2 Å². The number of urea groups is 1. The molecule has 0 radical (unpaired) electrons. The first kappa shape index (κ1) is 9.92. The maximum Gasteiger partial charge on any atom is 0.328 e. The minimum atomic E-state index is -0.342. The molecule has 1 fully saturated rings. The van der Waals surface area contributed by atoms with E-state index < -0.39 is 0 Å². The molecule has 4 nitrogen and oxygen atoms in total. The summed E-state index contributed by atoms with van der Waals surface area (Å²) in [5.74, 6) is -0.254. The van der Waals surface area contributed by atoms with Gasteiger partial charge in [-0.15, -0.1) is 11.3 Å². The van der Waals surface area contributed by atoms with Crippen LogP contribution in [0.1, 0.15) is 11.8 Å². The Balaban J connectivity index is 2.26. The third kappa shape index (κ3) is 1.78. The zero-order valence-corrected chi connectivity index (χ0v) is 9.00. The third-order valence-corrected chi connectivity index (χ3v) is 2.93. The van der Waals surface area contributed by atoms with Gasteiger partial charge in [-0.1, -0.05) is 6.07 Å². The number of likely N-dealkylation sites (N-methyl/N-ethyl adjacent to an activating group) is 1. The van der Waals surface area contributed by atoms with E-state index in [9.17, 15) is 9.59 Å². The molecule has 2 rings (SSSR count). The lowest BCUT2D eigenvalue weighted by Gasteiger charge is -2.05. The van der Waals surface area contributed by atoms with Crippen LogP contribution in [0, 0.1) is 0 Å². The Kier molecular flexibility index (Phi) is 2.55. The molecule has 0 bridgehead atoms. The average molecular weight is 222 g/mol. The molecule has 78 valence electrons. The minimum Gasteiger partial charge on any atom is -0.303 e. The van der Waals surface area contributed by atoms with Crippen LogP contribution in [0.4, 0.5) is 4.79 Å². The molecule has 1 aliphatic heterocycles. The number of hydrogen-bond donors (Lipinski definition) is 1. The van der Waals surface area contributed by atoms with Crippen LogP contribution < -0.4 is 5.32 Å². The zero-order valence-electron chi connectivity index (χ0n) is 8.19. The first-order chi connectivity index (χ1) is 7.22. The van der Waals surface area contributed by atoms with Crippen LogP contribution in [0.25, 0.3) is 6.08 Å². The summed E-state index contributed by atoms with van der Waals surface area (Å²) in [6.07, 6.45) is 1.69. The van der Waals surface area contributed by atoms with Crippen molar-refractivity contribution < 1.29 is 9.59 Å². The number of carbonyl (C=O) groups is 2. The Morgan fingerprint density at radius 2 is 2.33 bits per heavy atom. The molecule has 0 unspecified atom stereocenters. The highest BCUT2D eigenvalue weighted by Gasteiger charge is 2.31. The highest BCUT2D eigenvalue weighted by Crippen LogP contribution is 2.16. The topological polar surface area (TPSA) is 49.4 Å². The number of thiophene rings is 1. The van der Waals surface area contributed by atoms with E-state index in [1.807, 2.05) is 17.5 Å². The molecule has 1 aromatic rings. The standard InChI is InChI=1S/C10H10N2O2S/c1-2-12-9(13)8(11-10(12)14)6-7-4-3-5-15-7/h3-6H,2H2,1H3,(H,11,14). The van der Waals surface area contributed by atoms with E-state index in [0.717, 1.165) is 4.88 Å². The van der Waals surface area contributed by atoms with Crippen molar-refractivity contribution in [2.45, 2.75) is 6.92 Å². The Morgan fingerprint density at radius 1 is 1.53 bits per heavy atom. The minimum absolute atomic E-state index is 0.254. The molecule has 3 amide bonds. The second-order valence-corrected chi connectivity index (χ2v) is 4.03. The molecule has 5 heteroatoms. The normalized spacial score (nSPS) is 18.7. The lowest BCUT2D eigenvalue weighted by molar-refractivity contribution is -0.122. The second-order valence-electron chi connectivity index (χ2n) is 3.05. The number of amides is 3. The first-order valence-electron chi connectivity index (χ1n) is 4.60. The van der Waals surface area contributed by atoms with Crippen molar-refractivity contribution in [1.82, 2.24) is 10.2 Å². The van der Waals surface area contributed by atoms with Gasteiger partial charge in [0.15, 0.2) is 0 Å². The van der Waals surface area contributed by atoms with E-state index in [1.54, 1.807) is 13.0 Å². The maximum absolute atomic E-state index is 11.7. The average Bonchev–Trinajstić information content (AvgIpc) is 2.78. The fraction of sp³-hybridized carbons (Fsp3) is 0.200. The lowest BCUT2D eigenvalue weighted by Crippen LogP contribution is -2.30. The molecule has 0 aliphatic carbocycles. The predicted octanol–water partition coefficient (Wildman–Crippen LogP) is 1.66. The van der Waals surface area contributed by atoms with E-state index in [2.05, 4.69) is 5.32 Å². The van der Waals surface area contributed by atoms with Crippen LogP contribution in [-0.4, -0.2) is 23.4 Å². The van der Waals surface area contributed by atoms with Crippen molar-refractivity contribution >= 4 is 29.4 Å². The van der Waals surface area contributed by atoms with E-state index in [-0.39, 0.29) is 11.9 Å². The molecule has 1 aromatic heterocycles. The van der Waals surface area contributed by atoms with Gasteiger partial charge in [0.1, 0.15) is 5.70 Å². The first-order valence-corrected chi connectivity index (χ1v) is 5.48. The van der Waals surface area contributed by atoms with Gasteiger partial charge in [0.25, 0.3) is 5.91 Å². The van der Waals surface area contributed by atoms with Gasteiger partial charge in [0.05, 0.1) is 0 Å². The van der Waals surface area contributed by atoms with Crippen molar-refractivity contribution in [1.29, 1.82) is 0 Å². The highest BCUT2D eigenvalue weighted by molar-refractivity contribution is 7.10. The molecule has 0 aromatic carbocycles. The smallest absolute Gasteiger partial charge is 0.303 e. The molecule has 2 heterocycles. The largest absolute Gasteiger partial charge is 0.328 e. The number of hydrogen-bond acceptors (Lipinski definition) is 3. The molecule has 0 saturated carbocycles. The van der Waals surface area contributed by atoms with Crippen molar-refractivity contribution in [3.05, 3.63) is 28.1 Å². The number of carbonyl (C=O) groups excluding carboxylic acids is 2. The fourth-order valence-corrected chi connectivity index (χ4v) is 2.03. The maximum atomic E-state index is 11.7. The van der Waals surface area contributed by atoms with Gasteiger partial charge in [-0.2, -0.15) is 0 Å². The summed E-state index contributed by atoms with van der Waals surface area (Å²) in [6, 6.07) is 3.45. The van der Waals surface area contributed by atoms with Gasteiger partial charge < -0.3 is 5.32 Å². The summed E-state index contributed by atoms with van der Waals surface area (Å²) >= 11 is 1.52. The molecule has 1 saturated heterocycles. The van der Waals surface area contributed by atoms with Crippen molar-refractivity contribution in [3.63, 3.8) is 0 Å². The Labute approximate surface area is 91.2 Å². The van der Waals surface area contributed by atoms with Crippen LogP contribution in [0.15, 0.2) is 23.2 Å².